The molecule has 14 heavy (non-hydrogen) atoms. The lowest BCUT2D eigenvalue weighted by molar-refractivity contribution is 0.983. The first kappa shape index (κ1) is 11.2. The van der Waals surface area contributed by atoms with Crippen molar-refractivity contribution in [2.75, 3.05) is 0 Å². The number of benzene rings is 1. The van der Waals surface area contributed by atoms with Gasteiger partial charge in [0.2, 0.25) is 0 Å². The molecule has 0 aliphatic rings. The minimum atomic E-state index is 0.706. The van der Waals surface area contributed by atoms with Gasteiger partial charge in [-0.3, -0.25) is 0 Å². The third-order valence-corrected chi connectivity index (χ3v) is 2.42. The monoisotopic (exact) mass is 254 g/mol. The van der Waals surface area contributed by atoms with Crippen LogP contribution in [0, 0.1) is 6.92 Å². The van der Waals surface area contributed by atoms with Gasteiger partial charge in [-0.1, -0.05) is 22.9 Å². The van der Waals surface area contributed by atoms with E-state index in [1.807, 2.05) is 25.1 Å². The van der Waals surface area contributed by atoms with E-state index in [2.05, 4.69) is 27.8 Å². The van der Waals surface area contributed by atoms with Gasteiger partial charge in [0, 0.05) is 10.9 Å². The number of hydrogen-bond acceptors (Lipinski definition) is 1. The average Bonchev–Trinajstić information content (AvgIpc) is 2.10. The zero-order chi connectivity index (χ0) is 10.6. The van der Waals surface area contributed by atoms with Crippen molar-refractivity contribution < 1.29 is 0 Å². The van der Waals surface area contributed by atoms with Gasteiger partial charge in [-0.2, -0.15) is 0 Å². The Labute approximate surface area is 93.4 Å². The molecule has 2 nitrogen and oxygen atoms in total. The summed E-state index contributed by atoms with van der Waals surface area (Å²) in [7, 11) is 0. The predicted octanol–water partition coefficient (Wildman–Crippen LogP) is 3.55. The van der Waals surface area contributed by atoms with Crippen molar-refractivity contribution in [1.82, 2.24) is 0 Å². The highest BCUT2D eigenvalue weighted by Crippen LogP contribution is 2.22. The minimum absolute atomic E-state index is 0.706. The molecule has 0 bridgehead atoms. The molecule has 0 aromatic heterocycles. The second-order valence-corrected chi connectivity index (χ2v) is 4.20. The van der Waals surface area contributed by atoms with E-state index < -0.39 is 0 Å². The molecule has 0 saturated carbocycles. The van der Waals surface area contributed by atoms with Crippen LogP contribution in [0.25, 0.3) is 0 Å². The molecule has 3 heteroatoms. The number of hydrogen-bond donors (Lipinski definition) is 1. The molecular formula is C11H15BrN2. The number of amidine groups is 1. The highest BCUT2D eigenvalue weighted by Gasteiger charge is 1.98. The van der Waals surface area contributed by atoms with Crippen LogP contribution in [0.5, 0.6) is 0 Å². The van der Waals surface area contributed by atoms with E-state index in [9.17, 15) is 0 Å². The van der Waals surface area contributed by atoms with E-state index >= 15 is 0 Å². The average molecular weight is 255 g/mol. The van der Waals surface area contributed by atoms with Crippen molar-refractivity contribution >= 4 is 27.5 Å². The lowest BCUT2D eigenvalue weighted by Gasteiger charge is -2.02. The summed E-state index contributed by atoms with van der Waals surface area (Å²) in [5.74, 6) is 0.706. The third-order valence-electron chi connectivity index (χ3n) is 1.93. The van der Waals surface area contributed by atoms with Crippen molar-refractivity contribution in [3.05, 3.63) is 28.2 Å². The molecule has 0 amide bonds. The molecule has 1 aromatic carbocycles. The Bertz CT molecular complexity index is 345. The zero-order valence-corrected chi connectivity index (χ0v) is 10.1. The molecule has 1 aromatic rings. The molecule has 1 rings (SSSR count). The Hall–Kier alpha value is -0.830. The van der Waals surface area contributed by atoms with Gasteiger partial charge in [0.15, 0.2) is 0 Å². The molecule has 0 fully saturated rings. The fourth-order valence-electron chi connectivity index (χ4n) is 1.21. The largest absolute Gasteiger partial charge is 0.387 e. The van der Waals surface area contributed by atoms with E-state index in [0.29, 0.717) is 5.84 Å². The highest BCUT2D eigenvalue weighted by atomic mass is 79.9. The van der Waals surface area contributed by atoms with E-state index in [1.54, 1.807) is 0 Å². The molecule has 0 atom stereocenters. The first-order valence-electron chi connectivity index (χ1n) is 4.72. The van der Waals surface area contributed by atoms with Crippen LogP contribution < -0.4 is 5.73 Å². The van der Waals surface area contributed by atoms with E-state index in [1.165, 1.54) is 0 Å². The molecule has 0 aliphatic heterocycles. The topological polar surface area (TPSA) is 38.4 Å². The molecule has 0 unspecified atom stereocenters. The summed E-state index contributed by atoms with van der Waals surface area (Å²) in [4.78, 5) is 4.36. The number of rotatable bonds is 3. The van der Waals surface area contributed by atoms with Gasteiger partial charge < -0.3 is 5.73 Å². The summed E-state index contributed by atoms with van der Waals surface area (Å²) in [5, 5.41) is 0. The normalized spacial score (nSPS) is 11.8. The minimum Gasteiger partial charge on any atom is -0.387 e. The quantitative estimate of drug-likeness (QED) is 0.651. The van der Waals surface area contributed by atoms with Gasteiger partial charge in [0.25, 0.3) is 0 Å². The summed E-state index contributed by atoms with van der Waals surface area (Å²) in [6, 6.07) is 5.99. The van der Waals surface area contributed by atoms with Gasteiger partial charge in [0.05, 0.1) is 11.5 Å². The Morgan fingerprint density at radius 3 is 2.79 bits per heavy atom. The summed E-state index contributed by atoms with van der Waals surface area (Å²) in [5.41, 5.74) is 7.86. The molecule has 0 saturated heterocycles. The molecule has 76 valence electrons. The summed E-state index contributed by atoms with van der Waals surface area (Å²) < 4.78 is 1.07. The number of halogens is 1. The number of nitrogens with two attached hydrogens (primary N) is 1. The van der Waals surface area contributed by atoms with Crippen molar-refractivity contribution in [3.63, 3.8) is 0 Å². The molecular weight excluding hydrogens is 240 g/mol. The van der Waals surface area contributed by atoms with Crippen LogP contribution in [0.1, 0.15) is 25.3 Å². The van der Waals surface area contributed by atoms with Crippen molar-refractivity contribution in [2.45, 2.75) is 26.7 Å². The SMILES string of the molecule is CCCC(N)=Nc1ccc(Br)cc1C. The van der Waals surface area contributed by atoms with E-state index in [-0.39, 0.29) is 0 Å². The third kappa shape index (κ3) is 3.14. The molecule has 0 spiro atoms. The fourth-order valence-corrected chi connectivity index (χ4v) is 1.69. The molecule has 0 heterocycles. The van der Waals surface area contributed by atoms with Crippen LogP contribution in [-0.4, -0.2) is 5.84 Å². The van der Waals surface area contributed by atoms with Crippen LogP contribution in [0.2, 0.25) is 0 Å². The van der Waals surface area contributed by atoms with Gasteiger partial charge in [0.1, 0.15) is 0 Å². The summed E-state index contributed by atoms with van der Waals surface area (Å²) in [6.07, 6.45) is 1.89. The maximum Gasteiger partial charge on any atom is 0.0996 e. The standard InChI is InChI=1S/C11H15BrN2/c1-3-4-11(13)14-10-6-5-9(12)7-8(10)2/h5-7H,3-4H2,1-2H3,(H2,13,14). The van der Waals surface area contributed by atoms with Gasteiger partial charge >= 0.3 is 0 Å². The second kappa shape index (κ2) is 5.15. The van der Waals surface area contributed by atoms with Crippen molar-refractivity contribution in [3.8, 4) is 0 Å². The lowest BCUT2D eigenvalue weighted by Crippen LogP contribution is -2.10. The molecule has 0 aliphatic carbocycles. The van der Waals surface area contributed by atoms with Gasteiger partial charge in [-0.05, 0) is 37.1 Å². The second-order valence-electron chi connectivity index (χ2n) is 3.28. The highest BCUT2D eigenvalue weighted by molar-refractivity contribution is 9.10. The summed E-state index contributed by atoms with van der Waals surface area (Å²) >= 11 is 3.41. The number of nitrogens with zero attached hydrogens (tertiary/aromatic N) is 1. The van der Waals surface area contributed by atoms with Crippen LogP contribution >= 0.6 is 15.9 Å². The van der Waals surface area contributed by atoms with Crippen LogP contribution in [-0.2, 0) is 0 Å². The Morgan fingerprint density at radius 2 is 2.21 bits per heavy atom. The first-order valence-corrected chi connectivity index (χ1v) is 5.52. The first-order chi connectivity index (χ1) is 6.63. The maximum absolute atomic E-state index is 5.76. The predicted molar refractivity (Wildman–Crippen MR) is 65.1 cm³/mol. The van der Waals surface area contributed by atoms with Crippen molar-refractivity contribution in [1.29, 1.82) is 0 Å². The summed E-state index contributed by atoms with van der Waals surface area (Å²) in [6.45, 7) is 4.12. The van der Waals surface area contributed by atoms with Crippen molar-refractivity contribution in [2.24, 2.45) is 10.7 Å². The van der Waals surface area contributed by atoms with E-state index in [0.717, 1.165) is 28.6 Å². The maximum atomic E-state index is 5.76. The van der Waals surface area contributed by atoms with Gasteiger partial charge in [-0.25, -0.2) is 4.99 Å². The van der Waals surface area contributed by atoms with Gasteiger partial charge in [-0.15, -0.1) is 0 Å². The fraction of sp³-hybridized carbons (Fsp3) is 0.364. The van der Waals surface area contributed by atoms with Crippen LogP contribution in [0.15, 0.2) is 27.7 Å². The van der Waals surface area contributed by atoms with E-state index in [4.69, 9.17) is 5.73 Å². The Balaban J connectivity index is 2.91. The number of aliphatic imine (C=N–C) groups is 1. The lowest BCUT2D eigenvalue weighted by atomic mass is 10.2. The Morgan fingerprint density at radius 1 is 1.50 bits per heavy atom. The smallest absolute Gasteiger partial charge is 0.0996 e. The molecule has 0 radical (unpaired) electrons. The van der Waals surface area contributed by atoms with Crippen LogP contribution in [0.3, 0.4) is 0 Å². The Kier molecular flexibility index (Phi) is 4.14. The number of aryl methyl sites for hydroxylation is 1. The molecule has 2 N–H and O–H groups in total. The van der Waals surface area contributed by atoms with Crippen LogP contribution in [0.4, 0.5) is 5.69 Å². The zero-order valence-electron chi connectivity index (χ0n) is 8.55.